The molecule has 136 valence electrons. The van der Waals surface area contributed by atoms with E-state index in [2.05, 4.69) is 20.6 Å². The zero-order valence-corrected chi connectivity index (χ0v) is 15.2. The molecule has 0 saturated heterocycles. The lowest BCUT2D eigenvalue weighted by Gasteiger charge is -2.13. The number of nitrogens with one attached hydrogen (secondary N) is 2. The fourth-order valence-corrected chi connectivity index (χ4v) is 3.10. The topological polar surface area (TPSA) is 66.9 Å². The third-order valence-electron chi connectivity index (χ3n) is 3.10. The van der Waals surface area contributed by atoms with Gasteiger partial charge in [-0.05, 0) is 13.0 Å². The molecule has 5 nitrogen and oxygen atoms in total. The molecule has 2 aromatic rings. The first kappa shape index (κ1) is 19.6. The lowest BCUT2D eigenvalue weighted by atomic mass is 10.2. The summed E-state index contributed by atoms with van der Waals surface area (Å²) in [4.78, 5) is 20.4. The van der Waals surface area contributed by atoms with Crippen LogP contribution in [0.4, 0.5) is 19.0 Å². The lowest BCUT2D eigenvalue weighted by molar-refractivity contribution is -0.137. The predicted octanol–water partition coefficient (Wildman–Crippen LogP) is 4.52. The van der Waals surface area contributed by atoms with Crippen molar-refractivity contribution >= 4 is 34.7 Å². The lowest BCUT2D eigenvalue weighted by Crippen LogP contribution is -2.25. The van der Waals surface area contributed by atoms with Crippen molar-refractivity contribution in [3.63, 3.8) is 0 Å². The van der Waals surface area contributed by atoms with E-state index in [1.165, 1.54) is 6.20 Å². The average molecular weight is 393 g/mol. The number of amides is 1. The quantitative estimate of drug-likeness (QED) is 0.785. The van der Waals surface area contributed by atoms with E-state index in [4.69, 9.17) is 11.6 Å². The number of thiazole rings is 1. The highest BCUT2D eigenvalue weighted by molar-refractivity contribution is 7.13. The first-order valence-corrected chi connectivity index (χ1v) is 8.53. The van der Waals surface area contributed by atoms with Crippen LogP contribution in [-0.4, -0.2) is 21.9 Å². The summed E-state index contributed by atoms with van der Waals surface area (Å²) in [5, 5.41) is 5.77. The highest BCUT2D eigenvalue weighted by Gasteiger charge is 2.34. The standard InChI is InChI=1S/C15H16ClF3N4OS/c1-7(2)22-8(3)14-21-6-11(25-14)13(24)23-12-4-9(15(17,18)19)10(16)5-20-12/h4-8,22H,1-3H3,(H,20,23,24). The normalized spacial score (nSPS) is 13.1. The largest absolute Gasteiger partial charge is 0.418 e. The maximum Gasteiger partial charge on any atom is 0.418 e. The molecule has 0 bridgehead atoms. The molecule has 0 aromatic carbocycles. The Morgan fingerprint density at radius 3 is 2.52 bits per heavy atom. The molecule has 1 atom stereocenters. The van der Waals surface area contributed by atoms with Crippen LogP contribution in [0.3, 0.4) is 0 Å². The molecule has 0 radical (unpaired) electrons. The van der Waals surface area contributed by atoms with Gasteiger partial charge in [0, 0.05) is 12.2 Å². The second-order valence-electron chi connectivity index (χ2n) is 5.61. The molecule has 1 amide bonds. The van der Waals surface area contributed by atoms with Gasteiger partial charge in [-0.25, -0.2) is 9.97 Å². The molecule has 0 spiro atoms. The van der Waals surface area contributed by atoms with E-state index in [9.17, 15) is 18.0 Å². The number of anilines is 1. The van der Waals surface area contributed by atoms with Gasteiger partial charge in [-0.2, -0.15) is 13.2 Å². The van der Waals surface area contributed by atoms with Gasteiger partial charge in [0.2, 0.25) is 0 Å². The molecular formula is C15H16ClF3N4OS. The molecule has 25 heavy (non-hydrogen) atoms. The zero-order valence-electron chi connectivity index (χ0n) is 13.6. The second kappa shape index (κ2) is 7.67. The first-order valence-electron chi connectivity index (χ1n) is 7.33. The van der Waals surface area contributed by atoms with E-state index in [0.717, 1.165) is 17.5 Å². The van der Waals surface area contributed by atoms with Crippen molar-refractivity contribution in [3.8, 4) is 0 Å². The van der Waals surface area contributed by atoms with Crippen molar-refractivity contribution in [1.29, 1.82) is 0 Å². The van der Waals surface area contributed by atoms with Crippen LogP contribution in [-0.2, 0) is 6.18 Å². The smallest absolute Gasteiger partial charge is 0.306 e. The van der Waals surface area contributed by atoms with Gasteiger partial charge in [-0.3, -0.25) is 4.79 Å². The molecule has 2 heterocycles. The van der Waals surface area contributed by atoms with Gasteiger partial charge in [-0.1, -0.05) is 25.4 Å². The number of nitrogens with zero attached hydrogens (tertiary/aromatic N) is 2. The number of aromatic nitrogens is 2. The monoisotopic (exact) mass is 392 g/mol. The number of rotatable bonds is 5. The highest BCUT2D eigenvalue weighted by atomic mass is 35.5. The van der Waals surface area contributed by atoms with Gasteiger partial charge in [0.1, 0.15) is 15.7 Å². The fraction of sp³-hybridized carbons (Fsp3) is 0.400. The number of halogens is 4. The van der Waals surface area contributed by atoms with Gasteiger partial charge < -0.3 is 10.6 Å². The maximum absolute atomic E-state index is 12.8. The van der Waals surface area contributed by atoms with E-state index in [1.54, 1.807) is 0 Å². The van der Waals surface area contributed by atoms with Crippen molar-refractivity contribution in [2.24, 2.45) is 0 Å². The van der Waals surface area contributed by atoms with Crippen molar-refractivity contribution in [1.82, 2.24) is 15.3 Å². The number of carbonyl (C=O) groups excluding carboxylic acids is 1. The molecule has 2 rings (SSSR count). The molecular weight excluding hydrogens is 377 g/mol. The SMILES string of the molecule is CC(C)NC(C)c1ncc(C(=O)Nc2cc(C(F)(F)F)c(Cl)cn2)s1. The average Bonchev–Trinajstić information content (AvgIpc) is 2.97. The van der Waals surface area contributed by atoms with Gasteiger partial charge in [0.05, 0.1) is 22.8 Å². The minimum atomic E-state index is -4.63. The van der Waals surface area contributed by atoms with Gasteiger partial charge >= 0.3 is 6.18 Å². The summed E-state index contributed by atoms with van der Waals surface area (Å²) in [5.74, 6) is -0.812. The molecule has 2 aromatic heterocycles. The minimum Gasteiger partial charge on any atom is -0.306 e. The van der Waals surface area contributed by atoms with Crippen LogP contribution in [0, 0.1) is 0 Å². The van der Waals surface area contributed by atoms with Gasteiger partial charge in [-0.15, -0.1) is 11.3 Å². The van der Waals surface area contributed by atoms with Crippen LogP contribution >= 0.6 is 22.9 Å². The van der Waals surface area contributed by atoms with Crippen molar-refractivity contribution in [2.45, 2.75) is 39.0 Å². The van der Waals surface area contributed by atoms with Crippen LogP contribution in [0.1, 0.15) is 47.1 Å². The molecule has 0 aliphatic carbocycles. The molecule has 2 N–H and O–H groups in total. The van der Waals surface area contributed by atoms with Crippen LogP contribution < -0.4 is 10.6 Å². The Bertz CT molecular complexity index is 763. The van der Waals surface area contributed by atoms with Crippen molar-refractivity contribution in [3.05, 3.63) is 38.9 Å². The van der Waals surface area contributed by atoms with Crippen molar-refractivity contribution < 1.29 is 18.0 Å². The van der Waals surface area contributed by atoms with E-state index >= 15 is 0 Å². The molecule has 0 aliphatic rings. The summed E-state index contributed by atoms with van der Waals surface area (Å²) in [5.41, 5.74) is -1.06. The molecule has 0 saturated carbocycles. The van der Waals surface area contributed by atoms with E-state index in [1.807, 2.05) is 20.8 Å². The van der Waals surface area contributed by atoms with E-state index in [-0.39, 0.29) is 22.8 Å². The number of pyridine rings is 1. The number of hydrogen-bond donors (Lipinski definition) is 2. The third-order valence-corrected chi connectivity index (χ3v) is 4.58. The van der Waals surface area contributed by atoms with Crippen LogP contribution in [0.2, 0.25) is 5.02 Å². The van der Waals surface area contributed by atoms with Gasteiger partial charge in [0.15, 0.2) is 0 Å². The van der Waals surface area contributed by atoms with Crippen LogP contribution in [0.15, 0.2) is 18.5 Å². The fourth-order valence-electron chi connectivity index (χ4n) is 2.07. The summed E-state index contributed by atoms with van der Waals surface area (Å²) in [6, 6.07) is 0.901. The highest BCUT2D eigenvalue weighted by Crippen LogP contribution is 2.35. The summed E-state index contributed by atoms with van der Waals surface area (Å²) in [6.45, 7) is 5.89. The molecule has 0 fully saturated rings. The Kier molecular flexibility index (Phi) is 6.02. The Morgan fingerprint density at radius 2 is 1.92 bits per heavy atom. The minimum absolute atomic E-state index is 0.0444. The Morgan fingerprint density at radius 1 is 1.24 bits per heavy atom. The third kappa shape index (κ3) is 5.13. The summed E-state index contributed by atoms with van der Waals surface area (Å²) in [6.07, 6.45) is -2.39. The van der Waals surface area contributed by atoms with Crippen LogP contribution in [0.25, 0.3) is 0 Å². The van der Waals surface area contributed by atoms with E-state index in [0.29, 0.717) is 11.1 Å². The molecule has 10 heteroatoms. The first-order chi connectivity index (χ1) is 11.6. The Balaban J connectivity index is 2.14. The summed E-state index contributed by atoms with van der Waals surface area (Å²) in [7, 11) is 0. The molecule has 1 unspecified atom stereocenters. The predicted molar refractivity (Wildman–Crippen MR) is 91.0 cm³/mol. The Labute approximate surface area is 151 Å². The number of hydrogen-bond acceptors (Lipinski definition) is 5. The molecule has 0 aliphatic heterocycles. The Hall–Kier alpha value is -1.71. The van der Waals surface area contributed by atoms with Crippen LogP contribution in [0.5, 0.6) is 0 Å². The summed E-state index contributed by atoms with van der Waals surface area (Å²) < 4.78 is 38.5. The zero-order chi connectivity index (χ0) is 18.8. The number of carbonyl (C=O) groups is 1. The number of alkyl halides is 3. The van der Waals surface area contributed by atoms with Crippen molar-refractivity contribution in [2.75, 3.05) is 5.32 Å². The summed E-state index contributed by atoms with van der Waals surface area (Å²) >= 11 is 6.67. The van der Waals surface area contributed by atoms with E-state index < -0.39 is 22.7 Å². The maximum atomic E-state index is 12.8. The van der Waals surface area contributed by atoms with Gasteiger partial charge in [0.25, 0.3) is 5.91 Å². The second-order valence-corrected chi connectivity index (χ2v) is 7.08.